The fraction of sp³-hybridized carbons (Fsp3) is 0.429. The Morgan fingerprint density at radius 2 is 2.05 bits per heavy atom. The van der Waals surface area contributed by atoms with Gasteiger partial charge >= 0.3 is 5.97 Å². The van der Waals surface area contributed by atoms with Crippen molar-refractivity contribution in [1.82, 2.24) is 4.90 Å². The molecular formula is C14H15NO4. The molecule has 1 unspecified atom stereocenters. The zero-order chi connectivity index (χ0) is 13.4. The molecule has 5 heteroatoms. The van der Waals surface area contributed by atoms with Gasteiger partial charge in [-0.15, -0.1) is 0 Å². The lowest BCUT2D eigenvalue weighted by Crippen LogP contribution is -2.30. The highest BCUT2D eigenvalue weighted by atomic mass is 16.5. The van der Waals surface area contributed by atoms with Crippen molar-refractivity contribution in [3.05, 3.63) is 34.9 Å². The number of aliphatic carboxylic acids is 1. The second-order valence-electron chi connectivity index (χ2n) is 5.05. The first kappa shape index (κ1) is 12.2. The van der Waals surface area contributed by atoms with Gasteiger partial charge in [-0.25, -0.2) is 0 Å². The molecule has 2 heterocycles. The second kappa shape index (κ2) is 4.66. The van der Waals surface area contributed by atoms with E-state index in [2.05, 4.69) is 0 Å². The molecule has 1 fully saturated rings. The summed E-state index contributed by atoms with van der Waals surface area (Å²) in [5.74, 6) is -1.34. The van der Waals surface area contributed by atoms with Crippen LogP contribution in [0.4, 0.5) is 0 Å². The Balaban J connectivity index is 1.76. The zero-order valence-corrected chi connectivity index (χ0v) is 10.5. The molecule has 1 saturated heterocycles. The van der Waals surface area contributed by atoms with Gasteiger partial charge in [0.25, 0.3) is 5.91 Å². The molecule has 0 bridgehead atoms. The lowest BCUT2D eigenvalue weighted by Gasteiger charge is -2.16. The molecule has 19 heavy (non-hydrogen) atoms. The number of rotatable bonds is 2. The van der Waals surface area contributed by atoms with Crippen LogP contribution in [0.3, 0.4) is 0 Å². The van der Waals surface area contributed by atoms with Crippen molar-refractivity contribution in [1.29, 1.82) is 0 Å². The van der Waals surface area contributed by atoms with E-state index in [-0.39, 0.29) is 5.91 Å². The minimum Gasteiger partial charge on any atom is -0.481 e. The quantitative estimate of drug-likeness (QED) is 0.870. The second-order valence-corrected chi connectivity index (χ2v) is 5.05. The minimum absolute atomic E-state index is 0.0848. The highest BCUT2D eigenvalue weighted by Crippen LogP contribution is 2.23. The number of hydrogen-bond donors (Lipinski definition) is 1. The predicted molar refractivity (Wildman–Crippen MR) is 66.6 cm³/mol. The smallest absolute Gasteiger partial charge is 0.308 e. The maximum Gasteiger partial charge on any atom is 0.308 e. The van der Waals surface area contributed by atoms with E-state index < -0.39 is 11.9 Å². The van der Waals surface area contributed by atoms with E-state index in [1.54, 1.807) is 11.0 Å². The van der Waals surface area contributed by atoms with E-state index in [4.69, 9.17) is 9.84 Å². The number of amides is 1. The summed E-state index contributed by atoms with van der Waals surface area (Å²) in [6.45, 7) is 1.98. The molecule has 1 atom stereocenters. The highest BCUT2D eigenvalue weighted by molar-refractivity contribution is 5.95. The Labute approximate surface area is 110 Å². The molecule has 1 aromatic rings. The SMILES string of the molecule is O=C(O)C1CCN(C(=O)c2ccc3c(c2)COC3)C1. The lowest BCUT2D eigenvalue weighted by atomic mass is 10.1. The summed E-state index contributed by atoms with van der Waals surface area (Å²) in [5.41, 5.74) is 2.80. The van der Waals surface area contributed by atoms with Crippen LogP contribution in [0.15, 0.2) is 18.2 Å². The molecule has 2 aliphatic heterocycles. The van der Waals surface area contributed by atoms with Crippen molar-refractivity contribution in [2.75, 3.05) is 13.1 Å². The summed E-state index contributed by atoms with van der Waals surface area (Å²) in [7, 11) is 0. The van der Waals surface area contributed by atoms with Gasteiger partial charge in [0.1, 0.15) is 0 Å². The monoisotopic (exact) mass is 261 g/mol. The van der Waals surface area contributed by atoms with Gasteiger partial charge in [-0.1, -0.05) is 6.07 Å². The molecule has 0 radical (unpaired) electrons. The van der Waals surface area contributed by atoms with Gasteiger partial charge in [0.15, 0.2) is 0 Å². The number of benzene rings is 1. The molecule has 0 spiro atoms. The molecule has 2 aliphatic rings. The van der Waals surface area contributed by atoms with Gasteiger partial charge in [-0.3, -0.25) is 9.59 Å². The number of likely N-dealkylation sites (tertiary alicyclic amines) is 1. The van der Waals surface area contributed by atoms with Crippen LogP contribution in [0.2, 0.25) is 0 Å². The van der Waals surface area contributed by atoms with Crippen molar-refractivity contribution in [2.24, 2.45) is 5.92 Å². The molecule has 1 aromatic carbocycles. The number of ether oxygens (including phenoxy) is 1. The number of hydrogen-bond acceptors (Lipinski definition) is 3. The maximum atomic E-state index is 12.3. The number of carboxylic acids is 1. The van der Waals surface area contributed by atoms with Gasteiger partial charge in [-0.2, -0.15) is 0 Å². The van der Waals surface area contributed by atoms with Crippen molar-refractivity contribution in [2.45, 2.75) is 19.6 Å². The number of nitrogens with zero attached hydrogens (tertiary/aromatic N) is 1. The van der Waals surface area contributed by atoms with Gasteiger partial charge in [0, 0.05) is 18.7 Å². The summed E-state index contributed by atoms with van der Waals surface area (Å²) < 4.78 is 5.32. The first-order valence-corrected chi connectivity index (χ1v) is 6.37. The van der Waals surface area contributed by atoms with E-state index in [9.17, 15) is 9.59 Å². The standard InChI is InChI=1S/C14H15NO4/c16-13(15-4-3-10(6-15)14(17)18)9-1-2-11-7-19-8-12(11)5-9/h1-2,5,10H,3-4,6-8H2,(H,17,18). The first-order chi connectivity index (χ1) is 9.15. The average Bonchev–Trinajstić information content (AvgIpc) is 3.06. The van der Waals surface area contributed by atoms with Crippen LogP contribution in [-0.2, 0) is 22.7 Å². The molecule has 0 aromatic heterocycles. The summed E-state index contributed by atoms with van der Waals surface area (Å²) in [6, 6.07) is 5.57. The number of carboxylic acid groups (broad SMARTS) is 1. The van der Waals surface area contributed by atoms with E-state index in [1.807, 2.05) is 12.1 Å². The topological polar surface area (TPSA) is 66.8 Å². The Kier molecular flexibility index (Phi) is 2.98. The maximum absolute atomic E-state index is 12.3. The van der Waals surface area contributed by atoms with E-state index >= 15 is 0 Å². The van der Waals surface area contributed by atoms with Crippen LogP contribution < -0.4 is 0 Å². The minimum atomic E-state index is -0.822. The predicted octanol–water partition coefficient (Wildman–Crippen LogP) is 1.26. The first-order valence-electron chi connectivity index (χ1n) is 6.37. The van der Waals surface area contributed by atoms with Crippen LogP contribution in [0.1, 0.15) is 27.9 Å². The summed E-state index contributed by atoms with van der Waals surface area (Å²) in [4.78, 5) is 24.8. The summed E-state index contributed by atoms with van der Waals surface area (Å²) in [6.07, 6.45) is 0.537. The molecule has 1 N–H and O–H groups in total. The van der Waals surface area contributed by atoms with Crippen LogP contribution in [0, 0.1) is 5.92 Å². The Morgan fingerprint density at radius 3 is 2.79 bits per heavy atom. The normalized spacial score (nSPS) is 21.5. The number of carbonyl (C=O) groups is 2. The Hall–Kier alpha value is -1.88. The van der Waals surface area contributed by atoms with E-state index in [1.165, 1.54) is 0 Å². The lowest BCUT2D eigenvalue weighted by molar-refractivity contribution is -0.141. The molecule has 100 valence electrons. The van der Waals surface area contributed by atoms with Crippen molar-refractivity contribution in [3.63, 3.8) is 0 Å². The third kappa shape index (κ3) is 2.21. The van der Waals surface area contributed by atoms with Gasteiger partial charge in [0.05, 0.1) is 19.1 Å². The van der Waals surface area contributed by atoms with Crippen LogP contribution in [0.5, 0.6) is 0 Å². The van der Waals surface area contributed by atoms with Gasteiger partial charge in [-0.05, 0) is 29.7 Å². The van der Waals surface area contributed by atoms with Crippen LogP contribution in [-0.4, -0.2) is 35.0 Å². The number of carbonyl (C=O) groups excluding carboxylic acids is 1. The van der Waals surface area contributed by atoms with Crippen molar-refractivity contribution < 1.29 is 19.4 Å². The Bertz CT molecular complexity index is 540. The summed E-state index contributed by atoms with van der Waals surface area (Å²) >= 11 is 0. The third-order valence-electron chi connectivity index (χ3n) is 3.79. The van der Waals surface area contributed by atoms with E-state index in [0.29, 0.717) is 38.3 Å². The van der Waals surface area contributed by atoms with Crippen LogP contribution in [0.25, 0.3) is 0 Å². The summed E-state index contributed by atoms with van der Waals surface area (Å²) in [5, 5.41) is 8.96. The van der Waals surface area contributed by atoms with Crippen LogP contribution >= 0.6 is 0 Å². The Morgan fingerprint density at radius 1 is 1.26 bits per heavy atom. The number of fused-ring (bicyclic) bond motifs is 1. The van der Waals surface area contributed by atoms with Gasteiger partial charge in [0.2, 0.25) is 0 Å². The van der Waals surface area contributed by atoms with Crippen molar-refractivity contribution in [3.8, 4) is 0 Å². The zero-order valence-electron chi connectivity index (χ0n) is 10.5. The molecule has 0 saturated carbocycles. The molecular weight excluding hydrogens is 246 g/mol. The van der Waals surface area contributed by atoms with E-state index in [0.717, 1.165) is 11.1 Å². The third-order valence-corrected chi connectivity index (χ3v) is 3.79. The molecule has 5 nitrogen and oxygen atoms in total. The molecule has 1 amide bonds. The largest absolute Gasteiger partial charge is 0.481 e. The molecule has 3 rings (SSSR count). The van der Waals surface area contributed by atoms with Gasteiger partial charge < -0.3 is 14.7 Å². The fourth-order valence-corrected chi connectivity index (χ4v) is 2.63. The fourth-order valence-electron chi connectivity index (χ4n) is 2.63. The van der Waals surface area contributed by atoms with Crippen molar-refractivity contribution >= 4 is 11.9 Å². The highest BCUT2D eigenvalue weighted by Gasteiger charge is 2.31. The average molecular weight is 261 g/mol. The molecule has 0 aliphatic carbocycles.